The van der Waals surface area contributed by atoms with Crippen LogP contribution in [0.25, 0.3) is 11.5 Å². The SMILES string of the molecule is Cc1oc(-c2ccccc2)nc1COc1ccc(CO/N=C(/CCC(=O)O)c2ccco2)cc1. The number of furan rings is 1. The molecule has 8 nitrogen and oxygen atoms in total. The van der Waals surface area contributed by atoms with Gasteiger partial charge in [-0.15, -0.1) is 0 Å². The molecule has 2 aromatic heterocycles. The van der Waals surface area contributed by atoms with Gasteiger partial charge in [0.05, 0.1) is 12.7 Å². The second-order valence-corrected chi connectivity index (χ2v) is 7.50. The van der Waals surface area contributed by atoms with E-state index in [1.807, 2.05) is 61.5 Å². The molecule has 174 valence electrons. The molecule has 2 heterocycles. The summed E-state index contributed by atoms with van der Waals surface area (Å²) < 4.78 is 16.9. The van der Waals surface area contributed by atoms with Crippen LogP contribution in [-0.2, 0) is 22.8 Å². The number of hydrogen-bond acceptors (Lipinski definition) is 7. The highest BCUT2D eigenvalue weighted by Gasteiger charge is 2.12. The lowest BCUT2D eigenvalue weighted by Crippen LogP contribution is -2.05. The number of oxime groups is 1. The van der Waals surface area contributed by atoms with Crippen LogP contribution in [0, 0.1) is 6.92 Å². The summed E-state index contributed by atoms with van der Waals surface area (Å²) in [4.78, 5) is 20.9. The Morgan fingerprint density at radius 3 is 2.50 bits per heavy atom. The van der Waals surface area contributed by atoms with Gasteiger partial charge in [-0.05, 0) is 48.9 Å². The summed E-state index contributed by atoms with van der Waals surface area (Å²) in [7, 11) is 0. The van der Waals surface area contributed by atoms with Crippen molar-refractivity contribution in [2.75, 3.05) is 0 Å². The Balaban J connectivity index is 1.31. The topological polar surface area (TPSA) is 107 Å². The van der Waals surface area contributed by atoms with Crippen molar-refractivity contribution in [3.63, 3.8) is 0 Å². The highest BCUT2D eigenvalue weighted by molar-refractivity contribution is 5.99. The minimum absolute atomic E-state index is 0.0627. The Labute approximate surface area is 196 Å². The molecule has 0 saturated carbocycles. The number of carboxylic acids is 1. The van der Waals surface area contributed by atoms with E-state index in [9.17, 15) is 4.79 Å². The molecule has 0 amide bonds. The van der Waals surface area contributed by atoms with Gasteiger partial charge in [-0.2, -0.15) is 0 Å². The lowest BCUT2D eigenvalue weighted by molar-refractivity contribution is -0.136. The number of rotatable bonds is 11. The van der Waals surface area contributed by atoms with Crippen LogP contribution in [0.2, 0.25) is 0 Å². The molecule has 0 atom stereocenters. The molecule has 0 aliphatic heterocycles. The van der Waals surface area contributed by atoms with Crippen molar-refractivity contribution < 1.29 is 28.3 Å². The average molecular weight is 460 g/mol. The maximum atomic E-state index is 10.9. The van der Waals surface area contributed by atoms with Crippen molar-refractivity contribution >= 4 is 11.7 Å². The largest absolute Gasteiger partial charge is 0.487 e. The Hall–Kier alpha value is -4.33. The van der Waals surface area contributed by atoms with E-state index < -0.39 is 5.97 Å². The third-order valence-corrected chi connectivity index (χ3v) is 5.00. The number of aromatic nitrogens is 1. The molecule has 34 heavy (non-hydrogen) atoms. The molecule has 0 fully saturated rings. The number of oxazole rings is 1. The highest BCUT2D eigenvalue weighted by Crippen LogP contribution is 2.23. The second kappa shape index (κ2) is 11.0. The molecule has 0 unspecified atom stereocenters. The zero-order valence-corrected chi connectivity index (χ0v) is 18.6. The predicted molar refractivity (Wildman–Crippen MR) is 124 cm³/mol. The zero-order valence-electron chi connectivity index (χ0n) is 18.6. The summed E-state index contributed by atoms with van der Waals surface area (Å²) >= 11 is 0. The summed E-state index contributed by atoms with van der Waals surface area (Å²) in [6.45, 7) is 2.38. The summed E-state index contributed by atoms with van der Waals surface area (Å²) in [5.74, 6) is 1.56. The smallest absolute Gasteiger partial charge is 0.303 e. The van der Waals surface area contributed by atoms with Crippen molar-refractivity contribution in [3.8, 4) is 17.2 Å². The van der Waals surface area contributed by atoms with E-state index in [2.05, 4.69) is 10.1 Å². The van der Waals surface area contributed by atoms with Gasteiger partial charge in [-0.3, -0.25) is 4.79 Å². The molecule has 0 aliphatic rings. The molecule has 0 aliphatic carbocycles. The van der Waals surface area contributed by atoms with Crippen LogP contribution in [0.3, 0.4) is 0 Å². The molecule has 4 rings (SSSR count). The number of aliphatic carboxylic acids is 1. The normalized spacial score (nSPS) is 11.4. The second-order valence-electron chi connectivity index (χ2n) is 7.50. The first kappa shape index (κ1) is 22.8. The van der Waals surface area contributed by atoms with Crippen LogP contribution >= 0.6 is 0 Å². The number of benzene rings is 2. The van der Waals surface area contributed by atoms with E-state index >= 15 is 0 Å². The number of hydrogen-bond donors (Lipinski definition) is 1. The third-order valence-electron chi connectivity index (χ3n) is 5.00. The molecule has 4 aromatic rings. The minimum Gasteiger partial charge on any atom is -0.487 e. The first-order valence-electron chi connectivity index (χ1n) is 10.8. The number of aryl methyl sites for hydroxylation is 1. The van der Waals surface area contributed by atoms with Crippen LogP contribution in [0.5, 0.6) is 5.75 Å². The van der Waals surface area contributed by atoms with Crippen molar-refractivity contribution in [2.24, 2.45) is 5.16 Å². The molecular formula is C26H24N2O6. The van der Waals surface area contributed by atoms with Crippen LogP contribution in [0.4, 0.5) is 0 Å². The summed E-state index contributed by atoms with van der Waals surface area (Å²) in [6, 6.07) is 20.6. The maximum absolute atomic E-state index is 10.9. The maximum Gasteiger partial charge on any atom is 0.303 e. The Morgan fingerprint density at radius 2 is 1.79 bits per heavy atom. The molecule has 1 N–H and O–H groups in total. The van der Waals surface area contributed by atoms with E-state index in [-0.39, 0.29) is 19.4 Å². The molecule has 0 bridgehead atoms. The number of ether oxygens (including phenoxy) is 1. The lowest BCUT2D eigenvalue weighted by Gasteiger charge is -2.07. The van der Waals surface area contributed by atoms with Crippen molar-refractivity contribution in [3.05, 3.63) is 95.8 Å². The van der Waals surface area contributed by atoms with Crippen LogP contribution < -0.4 is 4.74 Å². The van der Waals surface area contributed by atoms with Gasteiger partial charge in [0.1, 0.15) is 36.1 Å². The average Bonchev–Trinajstić information content (AvgIpc) is 3.51. The predicted octanol–water partition coefficient (Wildman–Crippen LogP) is 5.61. The number of nitrogens with zero attached hydrogens (tertiary/aromatic N) is 2. The summed E-state index contributed by atoms with van der Waals surface area (Å²) in [5.41, 5.74) is 3.00. The Morgan fingerprint density at radius 1 is 1.00 bits per heavy atom. The fourth-order valence-corrected chi connectivity index (χ4v) is 3.17. The molecule has 0 radical (unpaired) electrons. The van der Waals surface area contributed by atoms with Crippen LogP contribution in [0.1, 0.15) is 35.6 Å². The molecule has 2 aromatic carbocycles. The number of carboxylic acid groups (broad SMARTS) is 1. The van der Waals surface area contributed by atoms with Crippen LogP contribution in [0.15, 0.2) is 87.0 Å². The van der Waals surface area contributed by atoms with Crippen LogP contribution in [-0.4, -0.2) is 21.8 Å². The first-order valence-corrected chi connectivity index (χ1v) is 10.8. The van der Waals surface area contributed by atoms with E-state index in [1.54, 1.807) is 12.1 Å². The van der Waals surface area contributed by atoms with Gasteiger partial charge >= 0.3 is 5.97 Å². The highest BCUT2D eigenvalue weighted by atomic mass is 16.6. The first-order chi connectivity index (χ1) is 16.6. The van der Waals surface area contributed by atoms with Gasteiger partial charge in [0, 0.05) is 12.0 Å². The molecule has 0 spiro atoms. The van der Waals surface area contributed by atoms with Gasteiger partial charge in [0.25, 0.3) is 0 Å². The number of carbonyl (C=O) groups is 1. The molecular weight excluding hydrogens is 436 g/mol. The van der Waals surface area contributed by atoms with Gasteiger partial charge in [-0.25, -0.2) is 4.98 Å². The fraction of sp³-hybridized carbons (Fsp3) is 0.192. The van der Waals surface area contributed by atoms with Gasteiger partial charge in [-0.1, -0.05) is 35.5 Å². The summed E-state index contributed by atoms with van der Waals surface area (Å²) in [6.07, 6.45) is 1.66. The van der Waals surface area contributed by atoms with Crippen molar-refractivity contribution in [2.45, 2.75) is 33.0 Å². The summed E-state index contributed by atoms with van der Waals surface area (Å²) in [5, 5.41) is 13.0. The zero-order chi connectivity index (χ0) is 23.8. The monoisotopic (exact) mass is 460 g/mol. The van der Waals surface area contributed by atoms with E-state index in [4.69, 9.17) is 23.5 Å². The van der Waals surface area contributed by atoms with E-state index in [1.165, 1.54) is 6.26 Å². The Kier molecular flexibility index (Phi) is 7.39. The van der Waals surface area contributed by atoms with E-state index in [0.717, 1.165) is 22.6 Å². The standard InChI is InChI=1S/C26H24N2O6/c1-18-23(27-26(34-18)20-6-3-2-4-7-20)17-32-21-11-9-19(10-12-21)16-33-28-22(13-14-25(29)30)24-8-5-15-31-24/h2-12,15H,13-14,16-17H2,1H3,(H,29,30)/b28-22-. The van der Waals surface area contributed by atoms with E-state index in [0.29, 0.717) is 29.7 Å². The Bertz CT molecular complexity index is 1230. The van der Waals surface area contributed by atoms with Crippen molar-refractivity contribution in [1.82, 2.24) is 4.98 Å². The fourth-order valence-electron chi connectivity index (χ4n) is 3.17. The lowest BCUT2D eigenvalue weighted by atomic mass is 10.2. The quantitative estimate of drug-likeness (QED) is 0.229. The van der Waals surface area contributed by atoms with Gasteiger partial charge in [0.15, 0.2) is 5.76 Å². The molecule has 8 heteroatoms. The van der Waals surface area contributed by atoms with Gasteiger partial charge < -0.3 is 23.5 Å². The minimum atomic E-state index is -0.910. The van der Waals surface area contributed by atoms with Crippen molar-refractivity contribution in [1.29, 1.82) is 0 Å². The van der Waals surface area contributed by atoms with Gasteiger partial charge in [0.2, 0.25) is 5.89 Å². The third kappa shape index (κ3) is 6.13. The molecule has 0 saturated heterocycles.